The van der Waals surface area contributed by atoms with Gasteiger partial charge in [0.15, 0.2) is 18.1 Å². The molecule has 5 rings (SSSR count). The second-order valence-electron chi connectivity index (χ2n) is 11.9. The molecule has 1 aliphatic carbocycles. The Bertz CT molecular complexity index is 1530. The second kappa shape index (κ2) is 14.5. The van der Waals surface area contributed by atoms with Crippen molar-refractivity contribution in [3.8, 4) is 11.5 Å². The first kappa shape index (κ1) is 31.9. The molecule has 3 aromatic rings. The fourth-order valence-electron chi connectivity index (χ4n) is 5.99. The van der Waals surface area contributed by atoms with Crippen LogP contribution in [0.2, 0.25) is 0 Å². The number of nitrogens with one attached hydrogen (secondary N) is 3. The van der Waals surface area contributed by atoms with Gasteiger partial charge >= 0.3 is 5.97 Å². The summed E-state index contributed by atoms with van der Waals surface area (Å²) in [5, 5.41) is 6.77. The van der Waals surface area contributed by atoms with Crippen molar-refractivity contribution in [2.24, 2.45) is 11.3 Å². The lowest BCUT2D eigenvalue weighted by atomic mass is 9.76. The van der Waals surface area contributed by atoms with E-state index in [1.54, 1.807) is 36.2 Å². The molecule has 3 amide bonds. The normalized spacial score (nSPS) is 20.3. The third-order valence-corrected chi connectivity index (χ3v) is 8.48. The molecule has 2 aromatic carbocycles. The number of amides is 3. The van der Waals surface area contributed by atoms with Crippen LogP contribution in [-0.4, -0.2) is 80.1 Å². The molecule has 45 heavy (non-hydrogen) atoms. The monoisotopic (exact) mass is 618 g/mol. The fraction of sp³-hybridized carbons (Fsp3) is 0.471. The van der Waals surface area contributed by atoms with Crippen molar-refractivity contribution in [3.05, 3.63) is 59.8 Å². The molecule has 0 radical (unpaired) electrons. The third-order valence-electron chi connectivity index (χ3n) is 8.48. The largest absolute Gasteiger partial charge is 0.493 e. The molecule has 11 heteroatoms. The highest BCUT2D eigenvalue weighted by Crippen LogP contribution is 2.43. The number of aromatic nitrogens is 1. The summed E-state index contributed by atoms with van der Waals surface area (Å²) in [6, 6.07) is 12.8. The molecule has 2 aliphatic rings. The SMILES string of the molecule is CCOC(=O)C1(CC2CC2)CNC(=O)CCCN(C(=O)c2cccc3cc[nH]c23)CCNC(=O)COc2cc(ccc2OC)C1. The maximum atomic E-state index is 13.7. The Morgan fingerprint density at radius 2 is 1.91 bits per heavy atom. The van der Waals surface area contributed by atoms with Gasteiger partial charge in [0.1, 0.15) is 0 Å². The molecule has 2 heterocycles. The van der Waals surface area contributed by atoms with Crippen molar-refractivity contribution in [2.45, 2.75) is 45.4 Å². The van der Waals surface area contributed by atoms with Crippen molar-refractivity contribution in [3.63, 3.8) is 0 Å². The van der Waals surface area contributed by atoms with E-state index in [0.29, 0.717) is 48.8 Å². The van der Waals surface area contributed by atoms with E-state index in [2.05, 4.69) is 15.6 Å². The van der Waals surface area contributed by atoms with Crippen LogP contribution in [-0.2, 0) is 25.5 Å². The van der Waals surface area contributed by atoms with Crippen LogP contribution < -0.4 is 20.1 Å². The van der Waals surface area contributed by atoms with E-state index in [0.717, 1.165) is 29.3 Å². The molecule has 1 atom stereocenters. The lowest BCUT2D eigenvalue weighted by molar-refractivity contribution is -0.156. The first-order valence-corrected chi connectivity index (χ1v) is 15.7. The Kier molecular flexibility index (Phi) is 10.3. The van der Waals surface area contributed by atoms with Gasteiger partial charge in [-0.3, -0.25) is 19.2 Å². The Hall–Kier alpha value is -4.54. The van der Waals surface area contributed by atoms with Crippen molar-refractivity contribution in [2.75, 3.05) is 46.5 Å². The zero-order chi connectivity index (χ0) is 31.8. The van der Waals surface area contributed by atoms with Gasteiger partial charge in [-0.1, -0.05) is 31.0 Å². The zero-order valence-electron chi connectivity index (χ0n) is 26.0. The molecule has 0 saturated heterocycles. The molecule has 1 fully saturated rings. The first-order valence-electron chi connectivity index (χ1n) is 15.7. The third kappa shape index (κ3) is 7.95. The number of hydrogen-bond donors (Lipinski definition) is 3. The summed E-state index contributed by atoms with van der Waals surface area (Å²) in [5.74, 6) is 0.104. The number of ether oxygens (including phenoxy) is 3. The van der Waals surface area contributed by atoms with E-state index in [9.17, 15) is 19.2 Å². The van der Waals surface area contributed by atoms with Gasteiger partial charge in [-0.25, -0.2) is 0 Å². The molecule has 1 aromatic heterocycles. The topological polar surface area (TPSA) is 139 Å². The highest BCUT2D eigenvalue weighted by molar-refractivity contribution is 6.05. The number of nitrogens with zero attached hydrogens (tertiary/aromatic N) is 1. The minimum absolute atomic E-state index is 0.128. The number of hydrogen-bond acceptors (Lipinski definition) is 7. The average molecular weight is 619 g/mol. The Morgan fingerprint density at radius 3 is 2.69 bits per heavy atom. The molecule has 3 N–H and O–H groups in total. The van der Waals surface area contributed by atoms with Gasteiger partial charge in [0.2, 0.25) is 5.91 Å². The smallest absolute Gasteiger partial charge is 0.314 e. The van der Waals surface area contributed by atoms with Crippen molar-refractivity contribution >= 4 is 34.6 Å². The van der Waals surface area contributed by atoms with Crippen LogP contribution in [0, 0.1) is 11.3 Å². The summed E-state index contributed by atoms with van der Waals surface area (Å²) in [7, 11) is 1.52. The van der Waals surface area contributed by atoms with E-state index in [1.807, 2.05) is 24.3 Å². The number of benzene rings is 2. The Morgan fingerprint density at radius 1 is 1.07 bits per heavy atom. The molecular formula is C34H42N4O7. The summed E-state index contributed by atoms with van der Waals surface area (Å²) in [5.41, 5.74) is 1.09. The maximum absolute atomic E-state index is 13.7. The van der Waals surface area contributed by atoms with E-state index >= 15 is 0 Å². The molecular weight excluding hydrogens is 576 g/mol. The summed E-state index contributed by atoms with van der Waals surface area (Å²) in [4.78, 5) is 58.0. The van der Waals surface area contributed by atoms with Crippen LogP contribution in [0.25, 0.3) is 10.9 Å². The van der Waals surface area contributed by atoms with E-state index in [1.165, 1.54) is 7.11 Å². The number of fused-ring (bicyclic) bond motifs is 3. The molecule has 1 aliphatic heterocycles. The van der Waals surface area contributed by atoms with Crippen LogP contribution in [0.4, 0.5) is 0 Å². The summed E-state index contributed by atoms with van der Waals surface area (Å²) in [6.07, 6.45) is 5.33. The van der Waals surface area contributed by atoms with Gasteiger partial charge in [-0.05, 0) is 61.9 Å². The van der Waals surface area contributed by atoms with Crippen LogP contribution in [0.3, 0.4) is 0 Å². The standard InChI is InChI=1S/C34H42N4O7/c1-3-44-33(42)34(19-23-9-10-23)20-24-11-12-27(43-2)28(18-24)45-21-30(40)35-15-17-38(16-5-8-29(39)37-22-34)32(41)26-7-4-6-25-13-14-36-31(25)26/h4,6-7,11-14,18,23,36H,3,5,8-10,15-17,19-22H2,1-2H3,(H,35,40)(H,37,39). The summed E-state index contributed by atoms with van der Waals surface area (Å²) >= 11 is 0. The van der Waals surface area contributed by atoms with Crippen molar-refractivity contribution in [1.29, 1.82) is 0 Å². The first-order chi connectivity index (χ1) is 21.8. The van der Waals surface area contributed by atoms with Gasteiger partial charge in [-0.2, -0.15) is 0 Å². The molecule has 1 saturated carbocycles. The predicted molar refractivity (Wildman–Crippen MR) is 168 cm³/mol. The van der Waals surface area contributed by atoms with E-state index < -0.39 is 5.41 Å². The summed E-state index contributed by atoms with van der Waals surface area (Å²) < 4.78 is 16.9. The van der Waals surface area contributed by atoms with Crippen LogP contribution in [0.1, 0.15) is 54.9 Å². The second-order valence-corrected chi connectivity index (χ2v) is 11.9. The number of para-hydroxylation sites is 1. The highest BCUT2D eigenvalue weighted by Gasteiger charge is 2.44. The van der Waals surface area contributed by atoms with Gasteiger partial charge in [-0.15, -0.1) is 0 Å². The van der Waals surface area contributed by atoms with Crippen LogP contribution >= 0.6 is 0 Å². The maximum Gasteiger partial charge on any atom is 0.314 e. The number of carbonyl (C=O) groups excluding carboxylic acids is 4. The molecule has 11 nitrogen and oxygen atoms in total. The Labute approximate surface area is 263 Å². The fourth-order valence-corrected chi connectivity index (χ4v) is 5.99. The lowest BCUT2D eigenvalue weighted by Gasteiger charge is -2.32. The average Bonchev–Trinajstić information content (AvgIpc) is 3.72. The minimum atomic E-state index is -0.974. The molecule has 240 valence electrons. The molecule has 0 spiro atoms. The van der Waals surface area contributed by atoms with Crippen molar-refractivity contribution < 1.29 is 33.4 Å². The van der Waals surface area contributed by atoms with Gasteiger partial charge in [0, 0.05) is 44.2 Å². The highest BCUT2D eigenvalue weighted by atomic mass is 16.5. The number of carbonyl (C=O) groups is 4. The van der Waals surface area contributed by atoms with Crippen LogP contribution in [0.5, 0.6) is 11.5 Å². The van der Waals surface area contributed by atoms with Crippen LogP contribution in [0.15, 0.2) is 48.7 Å². The van der Waals surface area contributed by atoms with Crippen molar-refractivity contribution in [1.82, 2.24) is 20.5 Å². The summed E-state index contributed by atoms with van der Waals surface area (Å²) in [6.45, 7) is 2.64. The number of H-pyrrole nitrogens is 1. The van der Waals surface area contributed by atoms with E-state index in [-0.39, 0.29) is 63.0 Å². The van der Waals surface area contributed by atoms with Gasteiger partial charge in [0.05, 0.1) is 30.2 Å². The quantitative estimate of drug-likeness (QED) is 0.359. The molecule has 1 unspecified atom stereocenters. The molecule has 2 bridgehead atoms. The number of methoxy groups -OCH3 is 1. The number of esters is 1. The number of aromatic amines is 1. The van der Waals surface area contributed by atoms with Gasteiger partial charge < -0.3 is 34.7 Å². The minimum Gasteiger partial charge on any atom is -0.493 e. The number of rotatable bonds is 6. The lowest BCUT2D eigenvalue weighted by Crippen LogP contribution is -2.46. The van der Waals surface area contributed by atoms with Gasteiger partial charge in [0.25, 0.3) is 11.8 Å². The van der Waals surface area contributed by atoms with E-state index in [4.69, 9.17) is 14.2 Å². The zero-order valence-corrected chi connectivity index (χ0v) is 26.0. The Balaban J connectivity index is 1.41. The predicted octanol–water partition coefficient (Wildman–Crippen LogP) is 3.62.